The highest BCUT2D eigenvalue weighted by molar-refractivity contribution is 5.93. The van der Waals surface area contributed by atoms with E-state index in [9.17, 15) is 14.9 Å². The molecule has 0 saturated heterocycles. The van der Waals surface area contributed by atoms with E-state index in [1.165, 1.54) is 12.3 Å². The highest BCUT2D eigenvalue weighted by atomic mass is 16.6. The smallest absolute Gasteiger partial charge is 0.287 e. The largest absolute Gasteiger partial charge is 0.396 e. The van der Waals surface area contributed by atoms with E-state index in [1.54, 1.807) is 4.57 Å². The zero-order valence-electron chi connectivity index (χ0n) is 11.7. The lowest BCUT2D eigenvalue weighted by molar-refractivity contribution is -0.384. The second-order valence-corrected chi connectivity index (χ2v) is 4.52. The van der Waals surface area contributed by atoms with Gasteiger partial charge in [-0.15, -0.1) is 0 Å². The first kappa shape index (κ1) is 16.2. The van der Waals surface area contributed by atoms with Crippen LogP contribution in [0.5, 0.6) is 0 Å². The molecule has 0 saturated carbocycles. The van der Waals surface area contributed by atoms with E-state index in [0.29, 0.717) is 18.8 Å². The molecule has 1 aromatic heterocycles. The van der Waals surface area contributed by atoms with Crippen LogP contribution in [0.4, 0.5) is 5.69 Å². The van der Waals surface area contributed by atoms with Crippen molar-refractivity contribution in [1.82, 2.24) is 9.88 Å². The lowest BCUT2D eigenvalue weighted by Crippen LogP contribution is -2.26. The van der Waals surface area contributed by atoms with Gasteiger partial charge in [-0.05, 0) is 19.8 Å². The number of unbranched alkanes of at least 4 members (excludes halogenated alkanes) is 3. The lowest BCUT2D eigenvalue weighted by atomic mass is 10.2. The van der Waals surface area contributed by atoms with Crippen LogP contribution in [0.3, 0.4) is 0 Å². The standard InChI is InChI=1S/C13H21N3O4/c1-2-15-10-11(16(19)20)9-12(15)13(18)14-7-5-3-4-6-8-17/h9-10,17H,2-8H2,1H3,(H,14,18). The molecule has 1 aromatic rings. The van der Waals surface area contributed by atoms with Gasteiger partial charge in [-0.25, -0.2) is 0 Å². The van der Waals surface area contributed by atoms with E-state index in [4.69, 9.17) is 5.11 Å². The van der Waals surface area contributed by atoms with Crippen molar-refractivity contribution < 1.29 is 14.8 Å². The highest BCUT2D eigenvalue weighted by Gasteiger charge is 2.18. The van der Waals surface area contributed by atoms with Gasteiger partial charge in [0.2, 0.25) is 0 Å². The minimum absolute atomic E-state index is 0.0695. The molecule has 0 aromatic carbocycles. The third kappa shape index (κ3) is 4.65. The first-order valence-corrected chi connectivity index (χ1v) is 6.83. The number of carbonyl (C=O) groups excluding carboxylic acids is 1. The van der Waals surface area contributed by atoms with Crippen molar-refractivity contribution in [3.63, 3.8) is 0 Å². The molecule has 0 spiro atoms. The maximum absolute atomic E-state index is 12.0. The van der Waals surface area contributed by atoms with Crippen molar-refractivity contribution >= 4 is 11.6 Å². The van der Waals surface area contributed by atoms with Crippen LogP contribution in [-0.2, 0) is 6.54 Å². The van der Waals surface area contributed by atoms with Gasteiger partial charge in [0.05, 0.1) is 11.1 Å². The van der Waals surface area contributed by atoms with Gasteiger partial charge in [-0.1, -0.05) is 12.8 Å². The first-order valence-electron chi connectivity index (χ1n) is 6.83. The molecule has 7 nitrogen and oxygen atoms in total. The Morgan fingerprint density at radius 3 is 2.70 bits per heavy atom. The molecule has 1 amide bonds. The predicted octanol–water partition coefficient (Wildman–Crippen LogP) is 1.70. The second-order valence-electron chi connectivity index (χ2n) is 4.52. The molecule has 0 aliphatic rings. The summed E-state index contributed by atoms with van der Waals surface area (Å²) in [5.74, 6) is -0.290. The molecule has 0 aliphatic heterocycles. The normalized spacial score (nSPS) is 10.5. The summed E-state index contributed by atoms with van der Waals surface area (Å²) in [6.45, 7) is 3.06. The van der Waals surface area contributed by atoms with Crippen LogP contribution in [0.15, 0.2) is 12.3 Å². The predicted molar refractivity (Wildman–Crippen MR) is 74.6 cm³/mol. The molecule has 112 valence electrons. The molecule has 0 atom stereocenters. The number of hydrogen-bond acceptors (Lipinski definition) is 4. The van der Waals surface area contributed by atoms with Crippen LogP contribution in [0.2, 0.25) is 0 Å². The number of amides is 1. The number of rotatable bonds is 9. The van der Waals surface area contributed by atoms with Crippen molar-refractivity contribution in [2.45, 2.75) is 39.2 Å². The quantitative estimate of drug-likeness (QED) is 0.409. The van der Waals surface area contributed by atoms with E-state index in [-0.39, 0.29) is 18.2 Å². The molecule has 1 rings (SSSR count). The Morgan fingerprint density at radius 2 is 2.10 bits per heavy atom. The Hall–Kier alpha value is -1.89. The van der Waals surface area contributed by atoms with Crippen molar-refractivity contribution in [2.75, 3.05) is 13.2 Å². The van der Waals surface area contributed by atoms with Crippen LogP contribution in [0, 0.1) is 10.1 Å². The van der Waals surface area contributed by atoms with Crippen molar-refractivity contribution in [3.05, 3.63) is 28.1 Å². The maximum atomic E-state index is 12.0. The minimum atomic E-state index is -0.502. The van der Waals surface area contributed by atoms with E-state index in [0.717, 1.165) is 25.7 Å². The number of aliphatic hydroxyl groups is 1. The number of aromatic nitrogens is 1. The Labute approximate surface area is 117 Å². The highest BCUT2D eigenvalue weighted by Crippen LogP contribution is 2.16. The van der Waals surface area contributed by atoms with Gasteiger partial charge in [0.15, 0.2) is 0 Å². The van der Waals surface area contributed by atoms with E-state index in [2.05, 4.69) is 5.32 Å². The van der Waals surface area contributed by atoms with Gasteiger partial charge in [0, 0.05) is 25.8 Å². The summed E-state index contributed by atoms with van der Waals surface area (Å²) in [5, 5.41) is 22.1. The third-order valence-corrected chi connectivity index (χ3v) is 3.04. The Morgan fingerprint density at radius 1 is 1.40 bits per heavy atom. The van der Waals surface area contributed by atoms with E-state index in [1.807, 2.05) is 6.92 Å². The molecule has 0 fully saturated rings. The summed E-state index contributed by atoms with van der Waals surface area (Å²) in [6.07, 6.45) is 4.86. The Kier molecular flexibility index (Phi) is 6.72. The van der Waals surface area contributed by atoms with Crippen LogP contribution in [-0.4, -0.2) is 33.7 Å². The second kappa shape index (κ2) is 8.31. The third-order valence-electron chi connectivity index (χ3n) is 3.04. The molecule has 0 radical (unpaired) electrons. The van der Waals surface area contributed by atoms with Gasteiger partial charge in [0.1, 0.15) is 5.69 Å². The monoisotopic (exact) mass is 283 g/mol. The summed E-state index contributed by atoms with van der Waals surface area (Å²) in [4.78, 5) is 22.2. The molecule has 2 N–H and O–H groups in total. The van der Waals surface area contributed by atoms with Crippen molar-refractivity contribution in [3.8, 4) is 0 Å². The molecule has 7 heteroatoms. The number of carbonyl (C=O) groups is 1. The van der Waals surface area contributed by atoms with Crippen LogP contribution in [0.25, 0.3) is 0 Å². The average Bonchev–Trinajstić information content (AvgIpc) is 2.87. The summed E-state index contributed by atoms with van der Waals surface area (Å²) in [6, 6.07) is 1.30. The maximum Gasteiger partial charge on any atom is 0.287 e. The molecule has 0 bridgehead atoms. The summed E-state index contributed by atoms with van der Waals surface area (Å²) < 4.78 is 1.57. The average molecular weight is 283 g/mol. The van der Waals surface area contributed by atoms with Crippen LogP contribution >= 0.6 is 0 Å². The Balaban J connectivity index is 2.48. The van der Waals surface area contributed by atoms with Gasteiger partial charge in [-0.2, -0.15) is 0 Å². The first-order chi connectivity index (χ1) is 9.60. The molecule has 0 unspecified atom stereocenters. The van der Waals surface area contributed by atoms with Crippen molar-refractivity contribution in [1.29, 1.82) is 0 Å². The molecular formula is C13H21N3O4. The molecule has 20 heavy (non-hydrogen) atoms. The van der Waals surface area contributed by atoms with Gasteiger partial charge >= 0.3 is 0 Å². The van der Waals surface area contributed by atoms with Gasteiger partial charge < -0.3 is 15.0 Å². The van der Waals surface area contributed by atoms with E-state index >= 15 is 0 Å². The minimum Gasteiger partial charge on any atom is -0.396 e. The molecule has 1 heterocycles. The van der Waals surface area contributed by atoms with Crippen LogP contribution < -0.4 is 5.32 Å². The molecule has 0 aliphatic carbocycles. The fourth-order valence-corrected chi connectivity index (χ4v) is 1.93. The molecular weight excluding hydrogens is 262 g/mol. The summed E-state index contributed by atoms with van der Waals surface area (Å²) in [5.41, 5.74) is 0.245. The summed E-state index contributed by atoms with van der Waals surface area (Å²) in [7, 11) is 0. The van der Waals surface area contributed by atoms with Gasteiger partial charge in [-0.3, -0.25) is 14.9 Å². The fraction of sp³-hybridized carbons (Fsp3) is 0.615. The number of nitro groups is 1. The zero-order valence-corrected chi connectivity index (χ0v) is 11.7. The zero-order chi connectivity index (χ0) is 15.0. The van der Waals surface area contributed by atoms with E-state index < -0.39 is 4.92 Å². The number of hydrogen-bond donors (Lipinski definition) is 2. The fourth-order valence-electron chi connectivity index (χ4n) is 1.93. The summed E-state index contributed by atoms with van der Waals surface area (Å²) >= 11 is 0. The Bertz CT molecular complexity index is 456. The topological polar surface area (TPSA) is 97.4 Å². The lowest BCUT2D eigenvalue weighted by Gasteiger charge is -2.07. The number of aryl methyl sites for hydroxylation is 1. The number of nitrogens with one attached hydrogen (secondary N) is 1. The van der Waals surface area contributed by atoms with Crippen LogP contribution in [0.1, 0.15) is 43.1 Å². The number of nitrogens with zero attached hydrogens (tertiary/aromatic N) is 2. The SMILES string of the molecule is CCn1cc([N+](=O)[O-])cc1C(=O)NCCCCCCO. The number of aliphatic hydroxyl groups excluding tert-OH is 1. The van der Waals surface area contributed by atoms with Gasteiger partial charge in [0.25, 0.3) is 11.6 Å². The van der Waals surface area contributed by atoms with Crippen molar-refractivity contribution in [2.24, 2.45) is 0 Å².